The number of aromatic nitrogens is 2. The molecule has 0 aliphatic rings. The molecule has 1 unspecified atom stereocenters. The highest BCUT2D eigenvalue weighted by molar-refractivity contribution is 5.94. The van der Waals surface area contributed by atoms with Crippen molar-refractivity contribution in [2.45, 2.75) is 19.9 Å². The lowest BCUT2D eigenvalue weighted by molar-refractivity contribution is -0.384. The molecule has 1 atom stereocenters. The van der Waals surface area contributed by atoms with Crippen LogP contribution in [-0.4, -0.2) is 20.6 Å². The summed E-state index contributed by atoms with van der Waals surface area (Å²) in [6.45, 7) is 3.80. The zero-order chi connectivity index (χ0) is 15.6. The molecule has 1 heterocycles. The molecule has 0 spiro atoms. The molecule has 0 aliphatic heterocycles. The van der Waals surface area contributed by atoms with Crippen molar-refractivity contribution in [3.05, 3.63) is 57.4 Å². The van der Waals surface area contributed by atoms with E-state index in [4.69, 9.17) is 0 Å². The highest BCUT2D eigenvalue weighted by Crippen LogP contribution is 2.17. The van der Waals surface area contributed by atoms with Gasteiger partial charge in [-0.2, -0.15) is 5.10 Å². The molecule has 0 aliphatic carbocycles. The number of benzene rings is 1. The van der Waals surface area contributed by atoms with Crippen LogP contribution in [-0.2, 0) is 7.05 Å². The minimum absolute atomic E-state index is 0.0392. The first-order valence-electron chi connectivity index (χ1n) is 6.44. The van der Waals surface area contributed by atoms with Gasteiger partial charge < -0.3 is 5.32 Å². The van der Waals surface area contributed by atoms with Gasteiger partial charge in [-0.25, -0.2) is 0 Å². The largest absolute Gasteiger partial charge is 0.345 e. The Hall–Kier alpha value is -2.70. The van der Waals surface area contributed by atoms with E-state index in [9.17, 15) is 14.9 Å². The van der Waals surface area contributed by atoms with Crippen LogP contribution in [0.15, 0.2) is 30.5 Å². The SMILES string of the molecule is Cc1c(C(C)NC(=O)c2ccc([N+](=O)[O-])cc2)cnn1C. The molecule has 1 amide bonds. The Labute approximate surface area is 121 Å². The standard InChI is InChI=1S/C14H16N4O3/c1-9(13-8-15-17(3)10(13)2)16-14(19)11-4-6-12(7-5-11)18(20)21/h4-9H,1-3H3,(H,16,19). The number of rotatable bonds is 4. The summed E-state index contributed by atoms with van der Waals surface area (Å²) < 4.78 is 1.74. The molecule has 0 saturated carbocycles. The first kappa shape index (κ1) is 14.7. The van der Waals surface area contributed by atoms with Gasteiger partial charge in [-0.15, -0.1) is 0 Å². The number of nitrogens with zero attached hydrogens (tertiary/aromatic N) is 3. The van der Waals surface area contributed by atoms with Crippen molar-refractivity contribution in [3.8, 4) is 0 Å². The maximum absolute atomic E-state index is 12.1. The average molecular weight is 288 g/mol. The summed E-state index contributed by atoms with van der Waals surface area (Å²) in [5.74, 6) is -0.277. The Morgan fingerprint density at radius 2 is 2.00 bits per heavy atom. The van der Waals surface area contributed by atoms with E-state index in [0.29, 0.717) is 5.56 Å². The zero-order valence-electron chi connectivity index (χ0n) is 12.0. The maximum atomic E-state index is 12.1. The normalized spacial score (nSPS) is 12.0. The highest BCUT2D eigenvalue weighted by Gasteiger charge is 2.16. The Morgan fingerprint density at radius 3 is 2.48 bits per heavy atom. The lowest BCUT2D eigenvalue weighted by atomic mass is 10.1. The fourth-order valence-electron chi connectivity index (χ4n) is 2.03. The second-order valence-electron chi connectivity index (χ2n) is 4.81. The monoisotopic (exact) mass is 288 g/mol. The van der Waals surface area contributed by atoms with E-state index in [1.807, 2.05) is 20.9 Å². The zero-order valence-corrected chi connectivity index (χ0v) is 12.0. The summed E-state index contributed by atoms with van der Waals surface area (Å²) in [6.07, 6.45) is 1.72. The van der Waals surface area contributed by atoms with Crippen molar-refractivity contribution in [3.63, 3.8) is 0 Å². The molecule has 0 fully saturated rings. The minimum Gasteiger partial charge on any atom is -0.345 e. The van der Waals surface area contributed by atoms with Gasteiger partial charge in [0.25, 0.3) is 11.6 Å². The van der Waals surface area contributed by atoms with Crippen molar-refractivity contribution in [2.24, 2.45) is 7.05 Å². The van der Waals surface area contributed by atoms with Gasteiger partial charge in [0.2, 0.25) is 0 Å². The van der Waals surface area contributed by atoms with Gasteiger partial charge in [-0.05, 0) is 26.0 Å². The summed E-state index contributed by atoms with van der Waals surface area (Å²) in [5.41, 5.74) is 2.26. The second-order valence-corrected chi connectivity index (χ2v) is 4.81. The third kappa shape index (κ3) is 3.07. The van der Waals surface area contributed by atoms with Crippen LogP contribution in [0.4, 0.5) is 5.69 Å². The molecule has 0 bridgehead atoms. The topological polar surface area (TPSA) is 90.1 Å². The third-order valence-corrected chi connectivity index (χ3v) is 3.43. The quantitative estimate of drug-likeness (QED) is 0.689. The number of nitro groups is 1. The Morgan fingerprint density at radius 1 is 1.38 bits per heavy atom. The molecule has 7 nitrogen and oxygen atoms in total. The molecule has 0 saturated heterocycles. The number of hydrogen-bond donors (Lipinski definition) is 1. The van der Waals surface area contributed by atoms with E-state index in [2.05, 4.69) is 10.4 Å². The number of amides is 1. The van der Waals surface area contributed by atoms with Crippen molar-refractivity contribution in [1.82, 2.24) is 15.1 Å². The van der Waals surface area contributed by atoms with Gasteiger partial charge in [0.15, 0.2) is 0 Å². The number of non-ortho nitro benzene ring substituents is 1. The number of nitrogens with one attached hydrogen (secondary N) is 1. The van der Waals surface area contributed by atoms with Crippen LogP contribution in [0, 0.1) is 17.0 Å². The maximum Gasteiger partial charge on any atom is 0.269 e. The molecule has 0 radical (unpaired) electrons. The Kier molecular flexibility index (Phi) is 4.02. The van der Waals surface area contributed by atoms with Crippen molar-refractivity contribution < 1.29 is 9.72 Å². The molecule has 2 rings (SSSR count). The number of nitro benzene ring substituents is 1. The van der Waals surface area contributed by atoms with E-state index in [-0.39, 0.29) is 17.6 Å². The van der Waals surface area contributed by atoms with Gasteiger partial charge in [-0.1, -0.05) is 0 Å². The summed E-state index contributed by atoms with van der Waals surface area (Å²) in [5, 5.41) is 17.6. The van der Waals surface area contributed by atoms with E-state index in [1.54, 1.807) is 10.9 Å². The van der Waals surface area contributed by atoms with Gasteiger partial charge in [0.1, 0.15) is 0 Å². The van der Waals surface area contributed by atoms with Crippen molar-refractivity contribution in [2.75, 3.05) is 0 Å². The predicted octanol–water partition coefficient (Wildman–Crippen LogP) is 2.13. The predicted molar refractivity (Wildman–Crippen MR) is 76.9 cm³/mol. The van der Waals surface area contributed by atoms with Crippen molar-refractivity contribution in [1.29, 1.82) is 0 Å². The highest BCUT2D eigenvalue weighted by atomic mass is 16.6. The molecule has 1 N–H and O–H groups in total. The summed E-state index contributed by atoms with van der Waals surface area (Å²) in [7, 11) is 1.84. The third-order valence-electron chi connectivity index (χ3n) is 3.43. The Balaban J connectivity index is 2.10. The smallest absolute Gasteiger partial charge is 0.269 e. The molecule has 7 heteroatoms. The summed E-state index contributed by atoms with van der Waals surface area (Å²) in [4.78, 5) is 22.2. The number of carbonyl (C=O) groups excluding carboxylic acids is 1. The van der Waals surface area contributed by atoms with Crippen LogP contribution < -0.4 is 5.32 Å². The van der Waals surface area contributed by atoms with E-state index in [0.717, 1.165) is 11.3 Å². The van der Waals surface area contributed by atoms with E-state index in [1.165, 1.54) is 24.3 Å². The first-order chi connectivity index (χ1) is 9.90. The molecule has 2 aromatic rings. The van der Waals surface area contributed by atoms with Crippen LogP contribution in [0.5, 0.6) is 0 Å². The van der Waals surface area contributed by atoms with Gasteiger partial charge in [-0.3, -0.25) is 19.6 Å². The number of aryl methyl sites for hydroxylation is 1. The van der Waals surface area contributed by atoms with E-state index < -0.39 is 4.92 Å². The Bertz CT molecular complexity index is 676. The van der Waals surface area contributed by atoms with Gasteiger partial charge in [0.05, 0.1) is 17.2 Å². The molecule has 110 valence electrons. The molecular formula is C14H16N4O3. The van der Waals surface area contributed by atoms with Crippen molar-refractivity contribution >= 4 is 11.6 Å². The molecular weight excluding hydrogens is 272 g/mol. The summed E-state index contributed by atoms with van der Waals surface area (Å²) in [6, 6.07) is 5.32. The fourth-order valence-corrected chi connectivity index (χ4v) is 2.03. The minimum atomic E-state index is -0.497. The van der Waals surface area contributed by atoms with Gasteiger partial charge >= 0.3 is 0 Å². The van der Waals surface area contributed by atoms with Crippen LogP contribution in [0.25, 0.3) is 0 Å². The van der Waals surface area contributed by atoms with Crippen LogP contribution in [0.2, 0.25) is 0 Å². The lowest BCUT2D eigenvalue weighted by Crippen LogP contribution is -2.26. The molecule has 1 aromatic heterocycles. The summed E-state index contributed by atoms with van der Waals surface area (Å²) >= 11 is 0. The van der Waals surface area contributed by atoms with Gasteiger partial charge in [0, 0.05) is 36.0 Å². The average Bonchev–Trinajstić information content (AvgIpc) is 2.79. The molecule has 1 aromatic carbocycles. The van der Waals surface area contributed by atoms with Crippen LogP contribution in [0.3, 0.4) is 0 Å². The van der Waals surface area contributed by atoms with Crippen LogP contribution >= 0.6 is 0 Å². The van der Waals surface area contributed by atoms with Crippen LogP contribution in [0.1, 0.15) is 34.6 Å². The molecule has 21 heavy (non-hydrogen) atoms. The first-order valence-corrected chi connectivity index (χ1v) is 6.44. The number of hydrogen-bond acceptors (Lipinski definition) is 4. The fraction of sp³-hybridized carbons (Fsp3) is 0.286. The number of carbonyl (C=O) groups is 1. The lowest BCUT2D eigenvalue weighted by Gasteiger charge is -2.13. The second kappa shape index (κ2) is 5.74. The van der Waals surface area contributed by atoms with E-state index >= 15 is 0 Å².